The van der Waals surface area contributed by atoms with Gasteiger partial charge in [0.2, 0.25) is 0 Å². The zero-order valence-electron chi connectivity index (χ0n) is 7.81. The molecule has 0 aromatic heterocycles. The van der Waals surface area contributed by atoms with Crippen molar-refractivity contribution in [3.8, 4) is 0 Å². The van der Waals surface area contributed by atoms with Crippen molar-refractivity contribution >= 4 is 23.0 Å². The highest BCUT2D eigenvalue weighted by Gasteiger charge is 2.05. The smallest absolute Gasteiger partial charge is 0.143 e. The summed E-state index contributed by atoms with van der Waals surface area (Å²) in [5.41, 5.74) is 6.53. The Bertz CT molecular complexity index is 320. The first kappa shape index (κ1) is 11.1. The van der Waals surface area contributed by atoms with Crippen molar-refractivity contribution in [2.24, 2.45) is 0 Å². The first-order chi connectivity index (χ1) is 6.65. The summed E-state index contributed by atoms with van der Waals surface area (Å²) < 4.78 is 17.7. The molecular formula is C9H12ClFN2O. The van der Waals surface area contributed by atoms with E-state index in [1.54, 1.807) is 7.11 Å². The van der Waals surface area contributed by atoms with Crippen LogP contribution in [0.3, 0.4) is 0 Å². The molecule has 14 heavy (non-hydrogen) atoms. The average molecular weight is 219 g/mol. The molecule has 1 aromatic carbocycles. The molecule has 0 aliphatic heterocycles. The molecule has 0 aliphatic rings. The average Bonchev–Trinajstić information content (AvgIpc) is 2.14. The number of nitrogen functional groups attached to an aromatic ring is 1. The van der Waals surface area contributed by atoms with Crippen LogP contribution in [0.15, 0.2) is 12.1 Å². The normalized spacial score (nSPS) is 10.2. The number of benzene rings is 1. The zero-order chi connectivity index (χ0) is 10.6. The Balaban J connectivity index is 2.72. The topological polar surface area (TPSA) is 47.3 Å². The van der Waals surface area contributed by atoms with E-state index in [1.165, 1.54) is 12.1 Å². The second-order valence-corrected chi connectivity index (χ2v) is 3.18. The molecule has 5 heteroatoms. The van der Waals surface area contributed by atoms with E-state index in [4.69, 9.17) is 22.1 Å². The molecule has 0 bridgehead atoms. The Hall–Kier alpha value is -1.00. The number of methoxy groups -OCH3 is 1. The van der Waals surface area contributed by atoms with Crippen molar-refractivity contribution in [2.75, 3.05) is 31.3 Å². The number of hydrogen-bond acceptors (Lipinski definition) is 3. The maximum Gasteiger partial charge on any atom is 0.143 e. The predicted molar refractivity (Wildman–Crippen MR) is 56.2 cm³/mol. The first-order valence-corrected chi connectivity index (χ1v) is 4.50. The van der Waals surface area contributed by atoms with Gasteiger partial charge in [-0.1, -0.05) is 11.6 Å². The summed E-state index contributed by atoms with van der Waals surface area (Å²) in [6.07, 6.45) is 0. The van der Waals surface area contributed by atoms with Crippen LogP contribution < -0.4 is 11.1 Å². The predicted octanol–water partition coefficient (Wildman–Crippen LogP) is 2.12. The molecule has 0 heterocycles. The van der Waals surface area contributed by atoms with Crippen LogP contribution in [0.1, 0.15) is 0 Å². The standard InChI is InChI=1S/C9H12ClFN2O/c1-14-3-2-13-9-4-6(10)7(11)5-8(9)12/h4-5,13H,2-3,12H2,1H3. The maximum atomic E-state index is 12.9. The number of hydrogen-bond donors (Lipinski definition) is 2. The molecule has 3 nitrogen and oxygen atoms in total. The molecule has 0 radical (unpaired) electrons. The molecular weight excluding hydrogens is 207 g/mol. The van der Waals surface area contributed by atoms with Gasteiger partial charge in [-0.2, -0.15) is 0 Å². The van der Waals surface area contributed by atoms with Gasteiger partial charge in [0, 0.05) is 19.7 Å². The van der Waals surface area contributed by atoms with Crippen molar-refractivity contribution in [3.05, 3.63) is 23.0 Å². The van der Waals surface area contributed by atoms with E-state index in [-0.39, 0.29) is 5.02 Å². The third kappa shape index (κ3) is 2.75. The van der Waals surface area contributed by atoms with Gasteiger partial charge in [-0.25, -0.2) is 4.39 Å². The van der Waals surface area contributed by atoms with Gasteiger partial charge in [-0.15, -0.1) is 0 Å². The van der Waals surface area contributed by atoms with Crippen molar-refractivity contribution in [1.82, 2.24) is 0 Å². The second-order valence-electron chi connectivity index (χ2n) is 2.77. The Kier molecular flexibility index (Phi) is 3.98. The van der Waals surface area contributed by atoms with Gasteiger partial charge in [0.05, 0.1) is 23.0 Å². The quantitative estimate of drug-likeness (QED) is 0.601. The van der Waals surface area contributed by atoms with Crippen LogP contribution in [0.5, 0.6) is 0 Å². The van der Waals surface area contributed by atoms with Gasteiger partial charge in [-0.3, -0.25) is 0 Å². The number of anilines is 2. The Labute approximate surface area is 87.0 Å². The summed E-state index contributed by atoms with van der Waals surface area (Å²) in [4.78, 5) is 0. The van der Waals surface area contributed by atoms with E-state index in [2.05, 4.69) is 5.32 Å². The van der Waals surface area contributed by atoms with Crippen LogP contribution in [0.4, 0.5) is 15.8 Å². The molecule has 0 fully saturated rings. The van der Waals surface area contributed by atoms with Gasteiger partial charge >= 0.3 is 0 Å². The number of rotatable bonds is 4. The summed E-state index contributed by atoms with van der Waals surface area (Å²) in [5, 5.41) is 3.04. The van der Waals surface area contributed by atoms with Crippen LogP contribution >= 0.6 is 11.6 Å². The molecule has 3 N–H and O–H groups in total. The fourth-order valence-electron chi connectivity index (χ4n) is 1.00. The lowest BCUT2D eigenvalue weighted by atomic mass is 10.2. The second kappa shape index (κ2) is 5.02. The van der Waals surface area contributed by atoms with Crippen LogP contribution in [-0.2, 0) is 4.74 Å². The van der Waals surface area contributed by atoms with Gasteiger partial charge < -0.3 is 15.8 Å². The fraction of sp³-hybridized carbons (Fsp3) is 0.333. The maximum absolute atomic E-state index is 12.9. The van der Waals surface area contributed by atoms with Gasteiger partial charge in [-0.05, 0) is 6.07 Å². The molecule has 78 valence electrons. The third-order valence-corrected chi connectivity index (χ3v) is 2.00. The lowest BCUT2D eigenvalue weighted by Crippen LogP contribution is -2.09. The first-order valence-electron chi connectivity index (χ1n) is 4.12. The SMILES string of the molecule is COCCNc1cc(Cl)c(F)cc1N. The number of nitrogens with one attached hydrogen (secondary N) is 1. The van der Waals surface area contributed by atoms with Crippen LogP contribution in [0, 0.1) is 5.82 Å². The van der Waals surface area contributed by atoms with Crippen LogP contribution in [0.25, 0.3) is 0 Å². The van der Waals surface area contributed by atoms with Crippen molar-refractivity contribution in [1.29, 1.82) is 0 Å². The highest BCUT2D eigenvalue weighted by atomic mass is 35.5. The van der Waals surface area contributed by atoms with Crippen molar-refractivity contribution in [2.45, 2.75) is 0 Å². The molecule has 0 spiro atoms. The largest absolute Gasteiger partial charge is 0.397 e. The highest BCUT2D eigenvalue weighted by Crippen LogP contribution is 2.25. The van der Waals surface area contributed by atoms with E-state index in [9.17, 15) is 4.39 Å². The van der Waals surface area contributed by atoms with Crippen LogP contribution in [-0.4, -0.2) is 20.3 Å². The van der Waals surface area contributed by atoms with Gasteiger partial charge in [0.25, 0.3) is 0 Å². The van der Waals surface area contributed by atoms with Crippen LogP contribution in [0.2, 0.25) is 5.02 Å². The lowest BCUT2D eigenvalue weighted by molar-refractivity contribution is 0.211. The van der Waals surface area contributed by atoms with Crippen molar-refractivity contribution in [3.63, 3.8) is 0 Å². The third-order valence-electron chi connectivity index (χ3n) is 1.71. The molecule has 1 rings (SSSR count). The van der Waals surface area contributed by atoms with E-state index >= 15 is 0 Å². The number of nitrogens with two attached hydrogens (primary N) is 1. The molecule has 0 saturated carbocycles. The monoisotopic (exact) mass is 218 g/mol. The Morgan fingerprint density at radius 3 is 2.93 bits per heavy atom. The van der Waals surface area contributed by atoms with Gasteiger partial charge in [0.1, 0.15) is 5.82 Å². The zero-order valence-corrected chi connectivity index (χ0v) is 8.57. The summed E-state index contributed by atoms with van der Waals surface area (Å²) in [6, 6.07) is 2.65. The summed E-state index contributed by atoms with van der Waals surface area (Å²) in [5.74, 6) is -0.513. The minimum atomic E-state index is -0.513. The van der Waals surface area contributed by atoms with E-state index < -0.39 is 5.82 Å². The molecule has 1 aromatic rings. The van der Waals surface area contributed by atoms with Crippen molar-refractivity contribution < 1.29 is 9.13 Å². The molecule has 0 saturated heterocycles. The molecule has 0 aliphatic carbocycles. The highest BCUT2D eigenvalue weighted by molar-refractivity contribution is 6.31. The molecule has 0 unspecified atom stereocenters. The minimum absolute atomic E-state index is 0.0547. The fourth-order valence-corrected chi connectivity index (χ4v) is 1.17. The van der Waals surface area contributed by atoms with E-state index in [0.29, 0.717) is 24.5 Å². The number of halogens is 2. The van der Waals surface area contributed by atoms with Gasteiger partial charge in [0.15, 0.2) is 0 Å². The van der Waals surface area contributed by atoms with E-state index in [0.717, 1.165) is 0 Å². The summed E-state index contributed by atoms with van der Waals surface area (Å²) in [6.45, 7) is 1.15. The number of ether oxygens (including phenoxy) is 1. The lowest BCUT2D eigenvalue weighted by Gasteiger charge is -2.09. The Morgan fingerprint density at radius 2 is 2.29 bits per heavy atom. The van der Waals surface area contributed by atoms with E-state index in [1.807, 2.05) is 0 Å². The summed E-state index contributed by atoms with van der Waals surface area (Å²) >= 11 is 5.60. The minimum Gasteiger partial charge on any atom is -0.397 e. The molecule has 0 amide bonds. The molecule has 0 atom stereocenters. The summed E-state index contributed by atoms with van der Waals surface area (Å²) in [7, 11) is 1.60. The Morgan fingerprint density at radius 1 is 1.57 bits per heavy atom.